The molecule has 0 amide bonds. The Morgan fingerprint density at radius 1 is 0.460 bits per heavy atom. The zero-order chi connectivity index (χ0) is 85.4. The summed E-state index contributed by atoms with van der Waals surface area (Å²) in [5.41, 5.74) is 25.7. The molecule has 10 heterocycles. The van der Waals surface area contributed by atoms with Gasteiger partial charge in [0, 0.05) is 55.4 Å². The first-order valence-corrected chi connectivity index (χ1v) is 53.9. The fourth-order valence-electron chi connectivity index (χ4n) is 12.9. The van der Waals surface area contributed by atoms with E-state index < -0.39 is 145 Å². The Morgan fingerprint density at radius 2 is 0.779 bits per heavy atom. The standard InChI is InChI=1S/C16H28N3O4P.C15H24BrN2O3P.C15H26N3O4P.C15H25N2O3PS.C14H23BrN3O3P/c1-10-18-15(17)12(21-2)9-19(10)16-14(22-3)13(20)11(23-16)7-8-24(4,5)6;1-9-7-11(17)10(16)8-18(9)15-14(20)13(19)12(21-15)5-6-22(2,3)4;1-9-17-14(16)11(21-2)8-18(9)15-13(20)12(19)10(22-15)6-7-23(3,4)5;1-9-10(8-17(2)15(22)16-9)14-13(19)12(18)11(20-14)6-7-21(3,4)5;1-8-17-13(16)9(15)7-18(8)14-12(20)11(19)10(21-14)5-6-22(2,3)4/h9,11,13-14,16,20H,1,4,7-8H2,2-3,5-6H3,(H2,17,18);7-8,12-15,19-20H,1-2,5-6,17H2,3-4H3;8,10,12-13,15,19-20H,1,3,6-7H2,2,4-5H3,(H2,16,17);8,11-14,18-19H,3,6-7H2,1-2,4-5H3;7,10-12,14,19-20H,1-2,5-6H2,3-4H3,(H2,16,17)/t11-,13-,14-,16?;12-,13-,14-,15?;10-,12-,13-,15?;11-,12-,13-,14?;10-,11-,12-,14?/m11111/s1. The highest BCUT2D eigenvalue weighted by atomic mass is 79.9. The lowest BCUT2D eigenvalue weighted by atomic mass is 10.0. The van der Waals surface area contributed by atoms with Crippen LogP contribution in [0.2, 0.25) is 0 Å². The summed E-state index contributed by atoms with van der Waals surface area (Å²) in [4.78, 5) is 23.1. The minimum atomic E-state index is -1.23. The van der Waals surface area contributed by atoms with Crippen LogP contribution >= 0.6 is 78.5 Å². The van der Waals surface area contributed by atoms with E-state index in [4.69, 9.17) is 73.0 Å². The van der Waals surface area contributed by atoms with Crippen molar-refractivity contribution in [2.45, 2.75) is 162 Å². The first kappa shape index (κ1) is 97.7. The van der Waals surface area contributed by atoms with E-state index in [0.29, 0.717) is 85.6 Å². The number of amidine groups is 3. The maximum Gasteiger partial charge on any atom is 0.199 e. The average molecular weight is 1830 g/mol. The van der Waals surface area contributed by atoms with E-state index in [2.05, 4.69) is 176 Å². The molecule has 0 radical (unpaired) electrons. The third kappa shape index (κ3) is 26.9. The van der Waals surface area contributed by atoms with Crippen LogP contribution in [0.3, 0.4) is 0 Å². The SMILES string of the molecule is C=C1C=C(N)C(Br)=CN1C1O[C@H](CCP(=C)(C)C)[C@@H](O)[C@H]1O.C=C1N=C(N)C(Br)=CN1C1O[C@H](CCP(=C)(C)C)[C@@H](O)[C@H]1O.C=C1N=C(N)C(OC)=CN1C1O[C@H](CCP(=C)(C)C)[C@@H](O)[C@H]1O.C=C1N=C(N)C(OC)=CN1C1O[C@H](CCP(=C)(C)C)[C@@H](O)[C@H]1OC.C=P(C)(C)CC[C@H]1OC(c2cn(C)c(=S)nc2C)[C@H](O)[C@@H]1O. The zero-order valence-corrected chi connectivity index (χ0v) is 76.4. The highest BCUT2D eigenvalue weighted by Crippen LogP contribution is 2.46. The van der Waals surface area contributed by atoms with Crippen molar-refractivity contribution in [3.05, 3.63) is 129 Å². The second-order valence-corrected chi connectivity index (χ2v) is 56.4. The van der Waals surface area contributed by atoms with Gasteiger partial charge in [-0.05, 0) is 187 Å². The van der Waals surface area contributed by atoms with Crippen LogP contribution in [0.4, 0.5) is 0 Å². The Hall–Kier alpha value is -4.17. The average Bonchev–Trinajstić information content (AvgIpc) is 1.68. The number of allylic oxidation sites excluding steroid dienone is 2. The van der Waals surface area contributed by atoms with Crippen molar-refractivity contribution in [1.29, 1.82) is 0 Å². The number of aryl methyl sites for hydroxylation is 2. The van der Waals surface area contributed by atoms with Crippen molar-refractivity contribution in [3.8, 4) is 0 Å². The summed E-state index contributed by atoms with van der Waals surface area (Å²) in [7, 11) is 6.35. The smallest absolute Gasteiger partial charge is 0.199 e. The molecule has 9 aliphatic heterocycles. The number of ether oxygens (including phenoxy) is 8. The molecule has 9 aliphatic rings. The lowest BCUT2D eigenvalue weighted by molar-refractivity contribution is -0.0708. The predicted octanol–water partition coefficient (Wildman–Crippen LogP) is 5.05. The molecule has 113 heavy (non-hydrogen) atoms. The van der Waals surface area contributed by atoms with E-state index >= 15 is 0 Å². The number of aromatic nitrogens is 2. The molecule has 1 aromatic rings. The molecule has 0 spiro atoms. The van der Waals surface area contributed by atoms with Gasteiger partial charge in [-0.1, -0.05) is 26.3 Å². The number of methoxy groups -OCH3 is 3. The van der Waals surface area contributed by atoms with Gasteiger partial charge in [0.25, 0.3) is 0 Å². The van der Waals surface area contributed by atoms with Crippen LogP contribution in [-0.2, 0) is 44.9 Å². The van der Waals surface area contributed by atoms with Gasteiger partial charge in [-0.25, -0.2) is 20.0 Å². The van der Waals surface area contributed by atoms with E-state index in [1.165, 1.54) is 19.1 Å². The largest absolute Gasteiger partial charge is 0.491 e. The van der Waals surface area contributed by atoms with Gasteiger partial charge in [0.1, 0.15) is 90.4 Å². The number of rotatable bonds is 23. The Kier molecular flexibility index (Phi) is 35.2. The number of aliphatic imine (C=N–C) groups is 3. The number of hydrogen-bond acceptors (Lipinski definition) is 30. The Balaban J connectivity index is 0.000000220. The quantitative estimate of drug-likeness (QED) is 0.0503. The normalized spacial score (nSPS) is 31.6. The first-order valence-electron chi connectivity index (χ1n) is 36.6. The molecule has 38 heteroatoms. The summed E-state index contributed by atoms with van der Waals surface area (Å²) in [6.07, 6.45) is 24.6. The molecule has 638 valence electrons. The molecule has 5 unspecified atom stereocenters. The van der Waals surface area contributed by atoms with Crippen LogP contribution in [0.5, 0.6) is 0 Å². The summed E-state index contributed by atoms with van der Waals surface area (Å²) in [5.74, 6) is 2.66. The zero-order valence-electron chi connectivity index (χ0n) is 68.0. The second kappa shape index (κ2) is 40.7. The molecule has 0 aliphatic carbocycles. The van der Waals surface area contributed by atoms with Crippen LogP contribution in [0.1, 0.15) is 49.5 Å². The first-order chi connectivity index (χ1) is 52.1. The number of nitrogens with two attached hydrogens (primary N) is 4. The van der Waals surface area contributed by atoms with Crippen LogP contribution < -0.4 is 22.9 Å². The molecular formula is C75H126Br2N13O17P5S. The van der Waals surface area contributed by atoms with Crippen LogP contribution in [0, 0.1) is 11.7 Å². The lowest BCUT2D eigenvalue weighted by Gasteiger charge is -2.32. The number of aliphatic hydroxyl groups is 9. The topological polar surface area (TPSA) is 428 Å². The minimum Gasteiger partial charge on any atom is -0.491 e. The fourth-order valence-corrected chi connectivity index (χ4v) is 18.5. The van der Waals surface area contributed by atoms with Gasteiger partial charge in [0.2, 0.25) is 0 Å². The van der Waals surface area contributed by atoms with Crippen molar-refractivity contribution in [2.24, 2.45) is 45.0 Å². The van der Waals surface area contributed by atoms with E-state index in [1.807, 2.05) is 20.2 Å². The van der Waals surface area contributed by atoms with Crippen molar-refractivity contribution in [1.82, 2.24) is 29.2 Å². The monoisotopic (exact) mass is 1830 g/mol. The van der Waals surface area contributed by atoms with Crippen LogP contribution in [-0.4, -0.2) is 359 Å². The molecule has 1 aromatic heterocycles. The van der Waals surface area contributed by atoms with Crippen molar-refractivity contribution in [2.75, 3.05) is 119 Å². The maximum absolute atomic E-state index is 10.6. The number of hydrogen-bond donors (Lipinski definition) is 13. The van der Waals surface area contributed by atoms with E-state index in [0.717, 1.165) is 48.5 Å². The molecule has 5 saturated heterocycles. The number of nitrogens with zero attached hydrogens (tertiary/aromatic N) is 9. The summed E-state index contributed by atoms with van der Waals surface area (Å²) >= 11 is 11.8. The minimum absolute atomic E-state index is 0.210. The molecule has 0 aromatic carbocycles. The fraction of sp³-hybridized carbons (Fsp3) is 0.600. The van der Waals surface area contributed by atoms with Gasteiger partial charge in [0.15, 0.2) is 52.9 Å². The lowest BCUT2D eigenvalue weighted by Crippen LogP contribution is -2.43. The Bertz CT molecular complexity index is 4090. The highest BCUT2D eigenvalue weighted by Gasteiger charge is 2.51. The van der Waals surface area contributed by atoms with E-state index in [1.54, 1.807) is 57.3 Å². The van der Waals surface area contributed by atoms with Gasteiger partial charge >= 0.3 is 0 Å². The van der Waals surface area contributed by atoms with Gasteiger partial charge in [-0.3, -0.25) is 0 Å². The summed E-state index contributed by atoms with van der Waals surface area (Å²) < 4.78 is 49.0. The van der Waals surface area contributed by atoms with Crippen molar-refractivity contribution >= 4 is 128 Å². The van der Waals surface area contributed by atoms with Crippen LogP contribution in [0.25, 0.3) is 0 Å². The Morgan fingerprint density at radius 3 is 1.15 bits per heavy atom. The highest BCUT2D eigenvalue weighted by molar-refractivity contribution is 9.12. The summed E-state index contributed by atoms with van der Waals surface area (Å²) in [6, 6.07) is 0. The molecule has 5 fully saturated rings. The second-order valence-electron chi connectivity index (χ2n) is 32.7. The molecule has 20 atom stereocenters. The van der Waals surface area contributed by atoms with Gasteiger partial charge < -0.3 is 131 Å². The maximum atomic E-state index is 10.6. The molecule has 0 bridgehead atoms. The predicted molar refractivity (Wildman–Crippen MR) is 478 cm³/mol. The molecule has 0 saturated carbocycles. The summed E-state index contributed by atoms with van der Waals surface area (Å²) in [5, 5.41) is 92.9. The number of halogens is 2. The molecule has 30 nitrogen and oxygen atoms in total. The van der Waals surface area contributed by atoms with E-state index in [9.17, 15) is 46.0 Å². The van der Waals surface area contributed by atoms with Crippen molar-refractivity contribution in [3.63, 3.8) is 0 Å². The third-order valence-electron chi connectivity index (χ3n) is 19.6. The van der Waals surface area contributed by atoms with E-state index in [-0.39, 0.29) is 23.9 Å². The van der Waals surface area contributed by atoms with Crippen LogP contribution in [0.15, 0.2) is 128 Å². The molecular weight excluding hydrogens is 1700 g/mol. The van der Waals surface area contributed by atoms with Gasteiger partial charge in [-0.2, -0.15) is 0 Å². The van der Waals surface area contributed by atoms with Gasteiger partial charge in [-0.15, -0.1) is 65.9 Å². The molecule has 17 N–H and O–H groups in total. The molecule has 10 rings (SSSR count). The summed E-state index contributed by atoms with van der Waals surface area (Å²) in [6.45, 7) is 32.7. The number of aliphatic hydroxyl groups excluding tert-OH is 9. The van der Waals surface area contributed by atoms with Crippen molar-refractivity contribution < 1.29 is 83.9 Å². The Labute approximate surface area is 690 Å². The third-order valence-corrected chi connectivity index (χ3v) is 28.5. The van der Waals surface area contributed by atoms with Gasteiger partial charge in [0.05, 0.1) is 66.1 Å².